The number of hydrogen-bond acceptors (Lipinski definition) is 9. The lowest BCUT2D eigenvalue weighted by atomic mass is 10.0. The molecule has 0 aliphatic carbocycles. The second-order valence-corrected chi connectivity index (χ2v) is 9.56. The van der Waals surface area contributed by atoms with E-state index >= 15 is 0 Å². The molecule has 5 rings (SSSR count). The van der Waals surface area contributed by atoms with Crippen LogP contribution in [0.15, 0.2) is 55.0 Å². The molecule has 38 heavy (non-hydrogen) atoms. The molecular weight excluding hydrogens is 506 g/mol. The number of nitrogens with zero attached hydrogens (tertiary/aromatic N) is 3. The van der Waals surface area contributed by atoms with Crippen LogP contribution in [0.4, 0.5) is 0 Å². The lowest BCUT2D eigenvalue weighted by molar-refractivity contribution is 0.254. The summed E-state index contributed by atoms with van der Waals surface area (Å²) < 4.78 is 13.8. The summed E-state index contributed by atoms with van der Waals surface area (Å²) in [6, 6.07) is 13.3. The topological polar surface area (TPSA) is 130 Å². The first-order valence-corrected chi connectivity index (χ1v) is 12.6. The largest absolute Gasteiger partial charge is 0.496 e. The van der Waals surface area contributed by atoms with Gasteiger partial charge in [-0.05, 0) is 53.6 Å². The van der Waals surface area contributed by atoms with Crippen molar-refractivity contribution in [2.75, 3.05) is 14.2 Å². The van der Waals surface area contributed by atoms with E-state index in [1.165, 1.54) is 18.4 Å². The summed E-state index contributed by atoms with van der Waals surface area (Å²) in [7, 11) is 3.07. The van der Waals surface area contributed by atoms with Gasteiger partial charge in [-0.2, -0.15) is 0 Å². The maximum Gasteiger partial charge on any atom is 0.144 e. The van der Waals surface area contributed by atoms with Gasteiger partial charge in [0.25, 0.3) is 0 Å². The minimum absolute atomic E-state index is 0.217. The van der Waals surface area contributed by atoms with E-state index in [9.17, 15) is 20.4 Å². The summed E-state index contributed by atoms with van der Waals surface area (Å²) in [6.07, 6.45) is 3.45. The predicted octanol–water partition coefficient (Wildman–Crippen LogP) is 3.80. The number of imidazole rings is 1. The van der Waals surface area contributed by atoms with Gasteiger partial charge in [0.1, 0.15) is 16.5 Å². The van der Waals surface area contributed by atoms with Crippen LogP contribution in [0.25, 0.3) is 37.7 Å². The normalized spacial score (nSPS) is 11.3. The number of thiazole rings is 1. The first-order chi connectivity index (χ1) is 18.6. The van der Waals surface area contributed by atoms with Crippen LogP contribution in [0.3, 0.4) is 0 Å². The van der Waals surface area contributed by atoms with E-state index in [1.807, 2.05) is 41.0 Å². The molecule has 0 fully saturated rings. The van der Waals surface area contributed by atoms with E-state index in [2.05, 4.69) is 4.98 Å². The number of methoxy groups -OCH3 is 2. The van der Waals surface area contributed by atoms with Crippen LogP contribution >= 0.6 is 11.3 Å². The van der Waals surface area contributed by atoms with Crippen molar-refractivity contribution >= 4 is 21.6 Å². The van der Waals surface area contributed by atoms with Crippen molar-refractivity contribution in [3.05, 3.63) is 77.2 Å². The Hall–Kier alpha value is -3.80. The van der Waals surface area contributed by atoms with E-state index in [4.69, 9.17) is 14.5 Å². The van der Waals surface area contributed by atoms with Gasteiger partial charge < -0.3 is 29.9 Å². The highest BCUT2D eigenvalue weighted by Gasteiger charge is 2.19. The number of fused-ring (bicyclic) bond motifs is 1. The average Bonchev–Trinajstić information content (AvgIpc) is 3.63. The molecule has 0 aliphatic heterocycles. The second kappa shape index (κ2) is 10.9. The predicted molar refractivity (Wildman–Crippen MR) is 144 cm³/mol. The average molecular weight is 534 g/mol. The molecule has 0 unspecified atom stereocenters. The molecule has 0 radical (unpaired) electrons. The number of aliphatic hydroxyl groups excluding tert-OH is 4. The molecule has 2 heterocycles. The van der Waals surface area contributed by atoms with Gasteiger partial charge in [-0.1, -0.05) is 0 Å². The highest BCUT2D eigenvalue weighted by molar-refractivity contribution is 7.22. The van der Waals surface area contributed by atoms with Crippen LogP contribution < -0.4 is 9.47 Å². The summed E-state index contributed by atoms with van der Waals surface area (Å²) in [5, 5.41) is 39.9. The Bertz CT molecular complexity index is 1570. The van der Waals surface area contributed by atoms with E-state index in [-0.39, 0.29) is 26.4 Å². The minimum Gasteiger partial charge on any atom is -0.496 e. The molecule has 0 aliphatic rings. The molecule has 5 aromatic rings. The molecule has 3 aromatic carbocycles. The number of hydrogen-bond donors (Lipinski definition) is 4. The van der Waals surface area contributed by atoms with Gasteiger partial charge in [-0.25, -0.2) is 9.97 Å². The molecule has 9 nitrogen and oxygen atoms in total. The van der Waals surface area contributed by atoms with Crippen molar-refractivity contribution < 1.29 is 29.9 Å². The minimum atomic E-state index is -0.238. The van der Waals surface area contributed by atoms with Crippen molar-refractivity contribution in [2.24, 2.45) is 0 Å². The summed E-state index contributed by atoms with van der Waals surface area (Å²) >= 11 is 1.46. The van der Waals surface area contributed by atoms with Crippen LogP contribution in [0.2, 0.25) is 0 Å². The van der Waals surface area contributed by atoms with Gasteiger partial charge in [0.2, 0.25) is 0 Å². The monoisotopic (exact) mass is 533 g/mol. The van der Waals surface area contributed by atoms with Crippen molar-refractivity contribution in [3.8, 4) is 39.0 Å². The highest BCUT2D eigenvalue weighted by atomic mass is 32.1. The van der Waals surface area contributed by atoms with Crippen LogP contribution in [-0.2, 0) is 26.4 Å². The van der Waals surface area contributed by atoms with Crippen LogP contribution in [0.5, 0.6) is 11.5 Å². The van der Waals surface area contributed by atoms with Gasteiger partial charge in [0.05, 0.1) is 69.1 Å². The third kappa shape index (κ3) is 4.42. The Kier molecular flexibility index (Phi) is 7.41. The fourth-order valence-corrected chi connectivity index (χ4v) is 5.71. The zero-order valence-corrected chi connectivity index (χ0v) is 21.7. The lowest BCUT2D eigenvalue weighted by Gasteiger charge is -2.15. The van der Waals surface area contributed by atoms with E-state index in [1.54, 1.807) is 25.7 Å². The van der Waals surface area contributed by atoms with Gasteiger partial charge in [0.15, 0.2) is 0 Å². The third-order valence-corrected chi connectivity index (χ3v) is 7.66. The van der Waals surface area contributed by atoms with Crippen LogP contribution in [0, 0.1) is 0 Å². The first kappa shape index (κ1) is 25.8. The molecule has 196 valence electrons. The summed E-state index contributed by atoms with van der Waals surface area (Å²) in [5.74, 6) is 1.03. The molecule has 4 N–H and O–H groups in total. The lowest BCUT2D eigenvalue weighted by Crippen LogP contribution is -2.01. The zero-order chi connectivity index (χ0) is 26.8. The number of benzene rings is 3. The Morgan fingerprint density at radius 1 is 0.816 bits per heavy atom. The molecule has 2 aromatic heterocycles. The quantitative estimate of drug-likeness (QED) is 0.225. The van der Waals surface area contributed by atoms with Gasteiger partial charge in [-0.3, -0.25) is 4.57 Å². The molecule has 0 amide bonds. The fraction of sp³-hybridized carbons (Fsp3) is 0.214. The number of aromatic nitrogens is 3. The summed E-state index contributed by atoms with van der Waals surface area (Å²) in [4.78, 5) is 9.09. The standard InChI is InChI=1S/C28H27N3O6S/c1-36-25-9-17(7-18(11-32)21(25)13-34)24-10-29-15-31(24)20-5-3-16(4-6-20)28-30-23-8-19(12-33)22(14-35)26(37-2)27(23)38-28/h3-10,15,32-35H,11-14H2,1-2H3. The molecule has 0 spiro atoms. The molecular formula is C28H27N3O6S. The highest BCUT2D eigenvalue weighted by Crippen LogP contribution is 2.40. The molecule has 0 saturated heterocycles. The Labute approximate surface area is 222 Å². The summed E-state index contributed by atoms with van der Waals surface area (Å²) in [6.45, 7) is -0.917. The van der Waals surface area contributed by atoms with Gasteiger partial charge >= 0.3 is 0 Å². The molecule has 0 saturated carbocycles. The Balaban J connectivity index is 1.53. The number of aliphatic hydroxyl groups is 4. The molecule has 0 bridgehead atoms. The van der Waals surface area contributed by atoms with Crippen molar-refractivity contribution in [3.63, 3.8) is 0 Å². The summed E-state index contributed by atoms with van der Waals surface area (Å²) in [5.41, 5.74) is 6.37. The Morgan fingerprint density at radius 3 is 2.16 bits per heavy atom. The second-order valence-electron chi connectivity index (χ2n) is 8.56. The van der Waals surface area contributed by atoms with Crippen molar-refractivity contribution in [1.29, 1.82) is 0 Å². The van der Waals surface area contributed by atoms with Crippen molar-refractivity contribution in [2.45, 2.75) is 26.4 Å². The molecule has 10 heteroatoms. The van der Waals surface area contributed by atoms with E-state index in [0.29, 0.717) is 39.3 Å². The fourth-order valence-electron chi connectivity index (χ4n) is 4.61. The van der Waals surface area contributed by atoms with Gasteiger partial charge in [0, 0.05) is 27.9 Å². The van der Waals surface area contributed by atoms with E-state index in [0.717, 1.165) is 32.2 Å². The third-order valence-electron chi connectivity index (χ3n) is 6.54. The molecule has 0 atom stereocenters. The smallest absolute Gasteiger partial charge is 0.144 e. The Morgan fingerprint density at radius 2 is 1.53 bits per heavy atom. The maximum atomic E-state index is 9.83. The SMILES string of the molecule is COc1cc(-c2cncn2-c2ccc(-c3nc4cc(CO)c(CO)c(OC)c4s3)cc2)cc(CO)c1CO. The van der Waals surface area contributed by atoms with Crippen LogP contribution in [-0.4, -0.2) is 49.2 Å². The van der Waals surface area contributed by atoms with Gasteiger partial charge in [-0.15, -0.1) is 11.3 Å². The number of ether oxygens (including phenoxy) is 2. The number of rotatable bonds is 9. The van der Waals surface area contributed by atoms with Crippen LogP contribution in [0.1, 0.15) is 22.3 Å². The first-order valence-electron chi connectivity index (χ1n) is 11.8. The van der Waals surface area contributed by atoms with Crippen molar-refractivity contribution in [1.82, 2.24) is 14.5 Å². The van der Waals surface area contributed by atoms with E-state index < -0.39 is 0 Å². The zero-order valence-electron chi connectivity index (χ0n) is 20.9. The maximum absolute atomic E-state index is 9.83.